The molecule has 4 rings (SSSR count). The first-order chi connectivity index (χ1) is 18.0. The van der Waals surface area contributed by atoms with Crippen molar-refractivity contribution in [1.29, 1.82) is 0 Å². The number of likely N-dealkylation sites (tertiary alicyclic amines) is 1. The molecule has 1 aliphatic heterocycles. The van der Waals surface area contributed by atoms with Gasteiger partial charge in [-0.1, -0.05) is 25.5 Å². The van der Waals surface area contributed by atoms with Gasteiger partial charge in [-0.05, 0) is 56.0 Å². The van der Waals surface area contributed by atoms with Gasteiger partial charge in [-0.15, -0.1) is 0 Å². The molecule has 0 unspecified atom stereocenters. The molecule has 3 aromatic rings. The lowest BCUT2D eigenvalue weighted by Gasteiger charge is -2.30. The first kappa shape index (κ1) is 26.5. The summed E-state index contributed by atoms with van der Waals surface area (Å²) in [5.74, 6) is 1.36. The van der Waals surface area contributed by atoms with Crippen LogP contribution in [0, 0.1) is 5.92 Å². The number of carbonyl (C=O) groups excluding carboxylic acids is 1. The molecule has 0 spiro atoms. The molecule has 0 atom stereocenters. The van der Waals surface area contributed by atoms with E-state index in [0.29, 0.717) is 49.4 Å². The van der Waals surface area contributed by atoms with Crippen LogP contribution in [0.2, 0.25) is 0 Å². The van der Waals surface area contributed by atoms with Crippen molar-refractivity contribution in [3.63, 3.8) is 0 Å². The zero-order valence-electron chi connectivity index (χ0n) is 21.8. The number of rotatable bonds is 12. The maximum absolute atomic E-state index is 11.5. The van der Waals surface area contributed by atoms with E-state index < -0.39 is 0 Å². The SMILES string of the molecule is CCCCOc1nc(N)c2nc(OC)n(Cc3ccc(OCC4CCN(CC(=O)OC)CC4)cc3)c2n1. The number of unbranched alkanes of at least 4 members (excludes halogenated alkanes) is 1. The Bertz CT molecular complexity index is 1170. The van der Waals surface area contributed by atoms with Crippen molar-refractivity contribution in [3.05, 3.63) is 29.8 Å². The fraction of sp³-hybridized carbons (Fsp3) is 0.538. The van der Waals surface area contributed by atoms with Gasteiger partial charge in [0.25, 0.3) is 6.01 Å². The number of aromatic nitrogens is 4. The van der Waals surface area contributed by atoms with Crippen molar-refractivity contribution in [2.45, 2.75) is 39.2 Å². The minimum Gasteiger partial charge on any atom is -0.493 e. The number of fused-ring (bicyclic) bond motifs is 1. The molecule has 0 amide bonds. The van der Waals surface area contributed by atoms with Crippen molar-refractivity contribution in [3.8, 4) is 17.8 Å². The highest BCUT2D eigenvalue weighted by atomic mass is 16.5. The van der Waals surface area contributed by atoms with Crippen LogP contribution in [0.3, 0.4) is 0 Å². The van der Waals surface area contributed by atoms with E-state index in [2.05, 4.69) is 26.8 Å². The molecular formula is C26H36N6O5. The summed E-state index contributed by atoms with van der Waals surface area (Å²) in [6.45, 7) is 5.88. The van der Waals surface area contributed by atoms with Crippen LogP contribution in [0.15, 0.2) is 24.3 Å². The Kier molecular flexibility index (Phi) is 8.99. The van der Waals surface area contributed by atoms with Gasteiger partial charge < -0.3 is 24.7 Å². The van der Waals surface area contributed by atoms with Gasteiger partial charge in [0.1, 0.15) is 5.75 Å². The fourth-order valence-corrected chi connectivity index (χ4v) is 4.30. The summed E-state index contributed by atoms with van der Waals surface area (Å²) in [5.41, 5.74) is 8.22. The maximum Gasteiger partial charge on any atom is 0.320 e. The number of piperidine rings is 1. The molecule has 0 aliphatic carbocycles. The highest BCUT2D eigenvalue weighted by Gasteiger charge is 2.22. The molecule has 1 aromatic carbocycles. The van der Waals surface area contributed by atoms with Crippen LogP contribution < -0.4 is 19.9 Å². The fourth-order valence-electron chi connectivity index (χ4n) is 4.30. The molecule has 0 radical (unpaired) electrons. The second-order valence-electron chi connectivity index (χ2n) is 9.20. The number of imidazole rings is 1. The van der Waals surface area contributed by atoms with Gasteiger partial charge in [-0.3, -0.25) is 14.3 Å². The van der Waals surface area contributed by atoms with Crippen molar-refractivity contribution < 1.29 is 23.7 Å². The van der Waals surface area contributed by atoms with Crippen LogP contribution in [0.4, 0.5) is 5.82 Å². The summed E-state index contributed by atoms with van der Waals surface area (Å²) >= 11 is 0. The van der Waals surface area contributed by atoms with Gasteiger partial charge >= 0.3 is 12.0 Å². The molecule has 0 bridgehead atoms. The first-order valence-corrected chi connectivity index (χ1v) is 12.7. The van der Waals surface area contributed by atoms with E-state index in [1.165, 1.54) is 7.11 Å². The third kappa shape index (κ3) is 6.79. The van der Waals surface area contributed by atoms with Gasteiger partial charge in [0, 0.05) is 0 Å². The predicted octanol–water partition coefficient (Wildman–Crippen LogP) is 2.91. The van der Waals surface area contributed by atoms with Crippen LogP contribution in [-0.2, 0) is 16.1 Å². The van der Waals surface area contributed by atoms with E-state index in [9.17, 15) is 4.79 Å². The summed E-state index contributed by atoms with van der Waals surface area (Å²) in [6.07, 6.45) is 3.92. The van der Waals surface area contributed by atoms with Crippen LogP contribution in [-0.4, -0.2) is 77.5 Å². The summed E-state index contributed by atoms with van der Waals surface area (Å²) in [4.78, 5) is 26.8. The van der Waals surface area contributed by atoms with Crippen molar-refractivity contribution in [2.24, 2.45) is 5.92 Å². The van der Waals surface area contributed by atoms with Gasteiger partial charge in [0.15, 0.2) is 17.0 Å². The molecule has 2 aromatic heterocycles. The predicted molar refractivity (Wildman–Crippen MR) is 139 cm³/mol. The molecule has 3 heterocycles. The van der Waals surface area contributed by atoms with E-state index in [-0.39, 0.29) is 17.8 Å². The summed E-state index contributed by atoms with van der Waals surface area (Å²) < 4.78 is 23.8. The molecule has 200 valence electrons. The van der Waals surface area contributed by atoms with E-state index in [1.807, 2.05) is 28.8 Å². The topological polar surface area (TPSA) is 127 Å². The molecule has 0 saturated carbocycles. The Morgan fingerprint density at radius 1 is 1.08 bits per heavy atom. The molecule has 1 aliphatic rings. The van der Waals surface area contributed by atoms with Gasteiger partial charge in [-0.2, -0.15) is 15.0 Å². The third-order valence-electron chi connectivity index (χ3n) is 6.51. The van der Waals surface area contributed by atoms with Gasteiger partial charge in [0.05, 0.1) is 40.5 Å². The van der Waals surface area contributed by atoms with Gasteiger partial charge in [-0.25, -0.2) is 0 Å². The molecule has 37 heavy (non-hydrogen) atoms. The van der Waals surface area contributed by atoms with Gasteiger partial charge in [0.2, 0.25) is 0 Å². The number of esters is 1. The number of nitrogens with zero attached hydrogens (tertiary/aromatic N) is 5. The summed E-state index contributed by atoms with van der Waals surface area (Å²) in [7, 11) is 2.99. The molecule has 11 nitrogen and oxygen atoms in total. The maximum atomic E-state index is 11.5. The normalized spacial score (nSPS) is 14.6. The number of hydrogen-bond acceptors (Lipinski definition) is 10. The standard InChI is InChI=1S/C26H36N6O5/c1-4-5-14-36-25-29-23(27)22-24(30-25)32(26(28-22)35-3)15-18-6-8-20(9-7-18)37-17-19-10-12-31(13-11-19)16-21(33)34-2/h6-9,19H,4-5,10-17H2,1-3H3,(H2,27,29,30). The third-order valence-corrected chi connectivity index (χ3v) is 6.51. The number of anilines is 1. The van der Waals surface area contributed by atoms with Crippen LogP contribution in [0.25, 0.3) is 11.2 Å². The average Bonchev–Trinajstić information content (AvgIpc) is 3.27. The van der Waals surface area contributed by atoms with Crippen molar-refractivity contribution >= 4 is 23.0 Å². The van der Waals surface area contributed by atoms with E-state index in [4.69, 9.17) is 24.7 Å². The van der Waals surface area contributed by atoms with Crippen LogP contribution >= 0.6 is 0 Å². The van der Waals surface area contributed by atoms with E-state index in [0.717, 1.165) is 50.1 Å². The molecule has 1 saturated heterocycles. The molecular weight excluding hydrogens is 476 g/mol. The van der Waals surface area contributed by atoms with Crippen molar-refractivity contribution in [2.75, 3.05) is 52.8 Å². The first-order valence-electron chi connectivity index (χ1n) is 12.7. The number of nitrogens with two attached hydrogens (primary N) is 1. The molecule has 11 heteroatoms. The Hall–Kier alpha value is -3.60. The zero-order chi connectivity index (χ0) is 26.2. The van der Waals surface area contributed by atoms with Crippen LogP contribution in [0.5, 0.6) is 17.8 Å². The largest absolute Gasteiger partial charge is 0.493 e. The number of benzene rings is 1. The zero-order valence-corrected chi connectivity index (χ0v) is 21.8. The number of nitrogen functional groups attached to an aromatic ring is 1. The summed E-state index contributed by atoms with van der Waals surface area (Å²) in [6, 6.07) is 8.61. The average molecular weight is 513 g/mol. The summed E-state index contributed by atoms with van der Waals surface area (Å²) in [5, 5.41) is 0. The van der Waals surface area contributed by atoms with Crippen LogP contribution in [0.1, 0.15) is 38.2 Å². The molecule has 1 fully saturated rings. The second-order valence-corrected chi connectivity index (χ2v) is 9.20. The lowest BCUT2D eigenvalue weighted by Crippen LogP contribution is -2.39. The number of hydrogen-bond donors (Lipinski definition) is 1. The number of ether oxygens (including phenoxy) is 4. The number of methoxy groups -OCH3 is 2. The highest BCUT2D eigenvalue weighted by molar-refractivity contribution is 5.83. The molecule has 2 N–H and O–H groups in total. The second kappa shape index (κ2) is 12.6. The Morgan fingerprint density at radius 3 is 2.51 bits per heavy atom. The quantitative estimate of drug-likeness (QED) is 0.286. The minimum atomic E-state index is -0.187. The monoisotopic (exact) mass is 512 g/mol. The highest BCUT2D eigenvalue weighted by Crippen LogP contribution is 2.27. The smallest absolute Gasteiger partial charge is 0.320 e. The Labute approximate surface area is 216 Å². The van der Waals surface area contributed by atoms with E-state index in [1.54, 1.807) is 7.11 Å². The Morgan fingerprint density at radius 2 is 1.84 bits per heavy atom. The van der Waals surface area contributed by atoms with Crippen molar-refractivity contribution in [1.82, 2.24) is 24.4 Å². The number of carbonyl (C=O) groups is 1. The minimum absolute atomic E-state index is 0.187. The lowest BCUT2D eigenvalue weighted by atomic mass is 9.98. The Balaban J connectivity index is 1.37. The lowest BCUT2D eigenvalue weighted by molar-refractivity contribution is -0.142. The van der Waals surface area contributed by atoms with E-state index >= 15 is 0 Å².